The fourth-order valence-electron chi connectivity index (χ4n) is 3.54. The van der Waals surface area contributed by atoms with Crippen LogP contribution in [0.4, 0.5) is 0 Å². The molecule has 9 heteroatoms. The Labute approximate surface area is 193 Å². The van der Waals surface area contributed by atoms with E-state index >= 15 is 0 Å². The van der Waals surface area contributed by atoms with Crippen molar-refractivity contribution in [2.75, 3.05) is 14.2 Å². The summed E-state index contributed by atoms with van der Waals surface area (Å²) >= 11 is 5.70. The van der Waals surface area contributed by atoms with Crippen molar-refractivity contribution in [3.8, 4) is 28.4 Å². The molecule has 170 valence electrons. The average Bonchev–Trinajstić information content (AvgIpc) is 3.22. The van der Waals surface area contributed by atoms with Gasteiger partial charge in [-0.1, -0.05) is 22.8 Å². The Morgan fingerprint density at radius 2 is 1.85 bits per heavy atom. The second-order valence-corrected chi connectivity index (χ2v) is 7.59. The lowest BCUT2D eigenvalue weighted by atomic mass is 9.99. The molecule has 0 fully saturated rings. The standard InChI is InChI=1S/C24H20ClNO7/c1-13-17-7-5-15(31-22(27)9-6-16-12-21(25)26-33-16)11-19(17)32-24(28)23(13)14-4-8-18(29-2)20(10-14)30-3/h4-5,7-8,10-12H,6,9H2,1-3H3. The van der Waals surface area contributed by atoms with Crippen molar-refractivity contribution in [1.82, 2.24) is 5.16 Å². The highest BCUT2D eigenvalue weighted by molar-refractivity contribution is 6.29. The van der Waals surface area contributed by atoms with Gasteiger partial charge in [0.25, 0.3) is 0 Å². The predicted molar refractivity (Wildman–Crippen MR) is 121 cm³/mol. The first-order valence-electron chi connectivity index (χ1n) is 10.0. The fraction of sp³-hybridized carbons (Fsp3) is 0.208. The molecule has 0 unspecified atom stereocenters. The first-order valence-corrected chi connectivity index (χ1v) is 10.4. The Bertz CT molecular complexity index is 1390. The van der Waals surface area contributed by atoms with E-state index in [2.05, 4.69) is 5.16 Å². The second-order valence-electron chi connectivity index (χ2n) is 7.21. The molecule has 2 aromatic carbocycles. The van der Waals surface area contributed by atoms with E-state index in [4.69, 9.17) is 34.8 Å². The number of hydrogen-bond donors (Lipinski definition) is 0. The molecular formula is C24H20ClNO7. The van der Waals surface area contributed by atoms with Gasteiger partial charge < -0.3 is 23.2 Å². The normalized spacial score (nSPS) is 10.9. The van der Waals surface area contributed by atoms with Crippen LogP contribution in [0, 0.1) is 6.92 Å². The third-order valence-electron chi connectivity index (χ3n) is 5.15. The largest absolute Gasteiger partial charge is 0.493 e. The minimum Gasteiger partial charge on any atom is -0.493 e. The van der Waals surface area contributed by atoms with Crippen molar-refractivity contribution >= 4 is 28.5 Å². The van der Waals surface area contributed by atoms with Gasteiger partial charge in [-0.05, 0) is 42.3 Å². The highest BCUT2D eigenvalue weighted by Crippen LogP contribution is 2.34. The van der Waals surface area contributed by atoms with Gasteiger partial charge in [-0.25, -0.2) is 4.79 Å². The van der Waals surface area contributed by atoms with Crippen LogP contribution in [0.1, 0.15) is 17.7 Å². The molecule has 0 radical (unpaired) electrons. The van der Waals surface area contributed by atoms with Crippen molar-refractivity contribution in [2.45, 2.75) is 19.8 Å². The van der Waals surface area contributed by atoms with Gasteiger partial charge in [0.2, 0.25) is 0 Å². The van der Waals surface area contributed by atoms with Crippen molar-refractivity contribution in [2.24, 2.45) is 0 Å². The monoisotopic (exact) mass is 469 g/mol. The quantitative estimate of drug-likeness (QED) is 0.212. The average molecular weight is 470 g/mol. The van der Waals surface area contributed by atoms with E-state index in [-0.39, 0.29) is 17.3 Å². The summed E-state index contributed by atoms with van der Waals surface area (Å²) in [7, 11) is 3.07. The van der Waals surface area contributed by atoms with Crippen LogP contribution >= 0.6 is 11.6 Å². The Kier molecular flexibility index (Phi) is 6.37. The maximum Gasteiger partial charge on any atom is 0.344 e. The van der Waals surface area contributed by atoms with Gasteiger partial charge in [-0.3, -0.25) is 4.79 Å². The van der Waals surface area contributed by atoms with E-state index in [1.807, 2.05) is 6.92 Å². The summed E-state index contributed by atoms with van der Waals surface area (Å²) in [5.74, 6) is 1.35. The zero-order chi connectivity index (χ0) is 23.5. The summed E-state index contributed by atoms with van der Waals surface area (Å²) in [6, 6.07) is 11.7. The first kappa shape index (κ1) is 22.4. The molecule has 0 aliphatic rings. The minimum atomic E-state index is -0.516. The van der Waals surface area contributed by atoms with Gasteiger partial charge >= 0.3 is 11.6 Å². The van der Waals surface area contributed by atoms with Crippen molar-refractivity contribution in [1.29, 1.82) is 0 Å². The van der Waals surface area contributed by atoms with E-state index < -0.39 is 11.6 Å². The highest BCUT2D eigenvalue weighted by atomic mass is 35.5. The van der Waals surface area contributed by atoms with Crippen LogP contribution in [0.3, 0.4) is 0 Å². The van der Waals surface area contributed by atoms with Gasteiger partial charge in [0, 0.05) is 23.9 Å². The number of carbonyl (C=O) groups excluding carboxylic acids is 1. The van der Waals surface area contributed by atoms with Gasteiger partial charge in [0.1, 0.15) is 17.1 Å². The number of benzene rings is 2. The summed E-state index contributed by atoms with van der Waals surface area (Å²) in [5.41, 5.74) is 1.59. The van der Waals surface area contributed by atoms with Crippen LogP contribution in [0.15, 0.2) is 56.2 Å². The van der Waals surface area contributed by atoms with Gasteiger partial charge in [0.05, 0.1) is 26.2 Å². The van der Waals surface area contributed by atoms with E-state index in [1.54, 1.807) is 37.4 Å². The summed E-state index contributed by atoms with van der Waals surface area (Å²) in [4.78, 5) is 25.0. The number of hydrogen-bond acceptors (Lipinski definition) is 8. The molecule has 0 aliphatic carbocycles. The number of fused-ring (bicyclic) bond motifs is 1. The number of esters is 1. The molecule has 33 heavy (non-hydrogen) atoms. The molecule has 0 saturated carbocycles. The van der Waals surface area contributed by atoms with Crippen molar-refractivity contribution < 1.29 is 27.9 Å². The molecule has 2 aromatic heterocycles. The van der Waals surface area contributed by atoms with Crippen molar-refractivity contribution in [3.05, 3.63) is 69.4 Å². The molecule has 0 bridgehead atoms. The lowest BCUT2D eigenvalue weighted by Gasteiger charge is -2.12. The summed E-state index contributed by atoms with van der Waals surface area (Å²) in [6.07, 6.45) is 0.375. The van der Waals surface area contributed by atoms with Gasteiger partial charge in [-0.2, -0.15) is 0 Å². The summed E-state index contributed by atoms with van der Waals surface area (Å²) in [6.45, 7) is 1.83. The van der Waals surface area contributed by atoms with Crippen LogP contribution in [0.5, 0.6) is 17.2 Å². The molecule has 0 N–H and O–H groups in total. The second kappa shape index (κ2) is 9.38. The number of halogens is 1. The van der Waals surface area contributed by atoms with E-state index in [9.17, 15) is 9.59 Å². The third-order valence-corrected chi connectivity index (χ3v) is 5.33. The Hall–Kier alpha value is -3.78. The van der Waals surface area contributed by atoms with Gasteiger partial charge in [0.15, 0.2) is 16.7 Å². The SMILES string of the molecule is COc1ccc(-c2c(C)c3ccc(OC(=O)CCc4cc(Cl)no4)cc3oc2=O)cc1OC. The molecule has 0 amide bonds. The number of rotatable bonds is 7. The minimum absolute atomic E-state index is 0.0742. The number of carbonyl (C=O) groups is 1. The maximum atomic E-state index is 12.8. The molecule has 0 aliphatic heterocycles. The lowest BCUT2D eigenvalue weighted by molar-refractivity contribution is -0.134. The molecule has 0 spiro atoms. The van der Waals surface area contributed by atoms with Crippen LogP contribution < -0.4 is 19.8 Å². The molecule has 0 saturated heterocycles. The number of aryl methyl sites for hydroxylation is 2. The van der Waals surface area contributed by atoms with Crippen LogP contribution in [-0.4, -0.2) is 25.3 Å². The predicted octanol–water partition coefficient (Wildman–Crippen LogP) is 4.97. The van der Waals surface area contributed by atoms with E-state index in [0.29, 0.717) is 40.4 Å². The molecule has 4 rings (SSSR count). The highest BCUT2D eigenvalue weighted by Gasteiger charge is 2.17. The van der Waals surface area contributed by atoms with E-state index in [1.165, 1.54) is 19.2 Å². The molecule has 8 nitrogen and oxygen atoms in total. The van der Waals surface area contributed by atoms with Crippen LogP contribution in [0.25, 0.3) is 22.1 Å². The Morgan fingerprint density at radius 3 is 2.55 bits per heavy atom. The zero-order valence-corrected chi connectivity index (χ0v) is 18.9. The topological polar surface area (TPSA) is 101 Å². The summed E-state index contributed by atoms with van der Waals surface area (Å²) < 4.78 is 26.5. The smallest absolute Gasteiger partial charge is 0.344 e. The molecule has 4 aromatic rings. The van der Waals surface area contributed by atoms with Crippen LogP contribution in [-0.2, 0) is 11.2 Å². The van der Waals surface area contributed by atoms with E-state index in [0.717, 1.165) is 10.9 Å². The molecular weight excluding hydrogens is 450 g/mol. The Balaban J connectivity index is 1.59. The number of ether oxygens (including phenoxy) is 3. The molecule has 0 atom stereocenters. The number of nitrogens with zero attached hydrogens (tertiary/aromatic N) is 1. The first-order chi connectivity index (χ1) is 15.9. The lowest BCUT2D eigenvalue weighted by Crippen LogP contribution is -2.09. The number of aromatic nitrogens is 1. The third kappa shape index (κ3) is 4.70. The maximum absolute atomic E-state index is 12.8. The molecule has 2 heterocycles. The summed E-state index contributed by atoms with van der Waals surface area (Å²) in [5, 5.41) is 4.51. The zero-order valence-electron chi connectivity index (χ0n) is 18.1. The van der Waals surface area contributed by atoms with Gasteiger partial charge in [-0.15, -0.1) is 0 Å². The van der Waals surface area contributed by atoms with Crippen molar-refractivity contribution in [3.63, 3.8) is 0 Å². The number of methoxy groups -OCH3 is 2. The fourth-order valence-corrected chi connectivity index (χ4v) is 3.69. The Morgan fingerprint density at radius 1 is 1.06 bits per heavy atom. The van der Waals surface area contributed by atoms with Crippen LogP contribution in [0.2, 0.25) is 5.15 Å².